The molecule has 0 radical (unpaired) electrons. The summed E-state index contributed by atoms with van der Waals surface area (Å²) >= 11 is 0. The Hall–Kier alpha value is -0.130. The zero-order valence-electron chi connectivity index (χ0n) is 12.1. The third-order valence-corrected chi connectivity index (χ3v) is 4.59. The van der Waals surface area contributed by atoms with E-state index in [1.165, 1.54) is 0 Å². The van der Waals surface area contributed by atoms with Crippen molar-refractivity contribution in [3.63, 3.8) is 0 Å². The Morgan fingerprint density at radius 1 is 1.17 bits per heavy atom. The molecular weight excluding hydrogens is 250 g/mol. The van der Waals surface area contributed by atoms with E-state index < -0.39 is 9.84 Å². The van der Waals surface area contributed by atoms with E-state index in [4.69, 9.17) is 4.74 Å². The van der Waals surface area contributed by atoms with E-state index in [9.17, 15) is 8.42 Å². The molecule has 0 saturated carbocycles. The topological polar surface area (TPSA) is 55.4 Å². The van der Waals surface area contributed by atoms with Crippen LogP contribution >= 0.6 is 0 Å². The van der Waals surface area contributed by atoms with E-state index in [1.54, 1.807) is 6.92 Å². The van der Waals surface area contributed by atoms with Crippen LogP contribution in [-0.4, -0.2) is 45.7 Å². The number of hydrogen-bond acceptors (Lipinski definition) is 4. The molecule has 0 aliphatic rings. The van der Waals surface area contributed by atoms with Crippen LogP contribution in [0.2, 0.25) is 0 Å². The molecule has 4 nitrogen and oxygen atoms in total. The summed E-state index contributed by atoms with van der Waals surface area (Å²) < 4.78 is 28.3. The van der Waals surface area contributed by atoms with Crippen molar-refractivity contribution in [2.75, 3.05) is 31.3 Å². The molecular formula is C13H29NO3S. The molecule has 5 heteroatoms. The highest BCUT2D eigenvalue weighted by atomic mass is 32.2. The average molecular weight is 279 g/mol. The molecule has 1 N–H and O–H groups in total. The van der Waals surface area contributed by atoms with Crippen molar-refractivity contribution in [1.29, 1.82) is 0 Å². The molecule has 1 atom stereocenters. The Morgan fingerprint density at radius 3 is 2.44 bits per heavy atom. The largest absolute Gasteiger partial charge is 0.380 e. The van der Waals surface area contributed by atoms with Gasteiger partial charge in [-0.2, -0.15) is 0 Å². The molecule has 0 heterocycles. The maximum Gasteiger partial charge on any atom is 0.150 e. The molecule has 0 fully saturated rings. The molecule has 18 heavy (non-hydrogen) atoms. The lowest BCUT2D eigenvalue weighted by Gasteiger charge is -2.18. The summed E-state index contributed by atoms with van der Waals surface area (Å²) in [6.07, 6.45) is 3.68. The van der Waals surface area contributed by atoms with Crippen molar-refractivity contribution in [2.24, 2.45) is 0 Å². The summed E-state index contributed by atoms with van der Waals surface area (Å²) in [5, 5.41) is 3.41. The Balaban J connectivity index is 3.91. The normalized spacial score (nSPS) is 13.7. The Labute approximate surface area is 112 Å². The minimum atomic E-state index is -2.83. The standard InChI is InChI=1S/C13H29NO3S/c1-4-9-14-13(12-17-10-5-2)8-7-11-18(15,16)6-3/h13-14H,4-12H2,1-3H3. The van der Waals surface area contributed by atoms with Crippen LogP contribution in [0.5, 0.6) is 0 Å². The lowest BCUT2D eigenvalue weighted by Crippen LogP contribution is -2.34. The summed E-state index contributed by atoms with van der Waals surface area (Å²) in [4.78, 5) is 0. The quantitative estimate of drug-likeness (QED) is 0.555. The fourth-order valence-electron chi connectivity index (χ4n) is 1.66. The Morgan fingerprint density at radius 2 is 1.89 bits per heavy atom. The summed E-state index contributed by atoms with van der Waals surface area (Å²) in [6.45, 7) is 8.32. The highest BCUT2D eigenvalue weighted by Gasteiger charge is 2.11. The van der Waals surface area contributed by atoms with Gasteiger partial charge in [0.15, 0.2) is 0 Å². The third-order valence-electron chi connectivity index (χ3n) is 2.80. The third kappa shape index (κ3) is 9.85. The van der Waals surface area contributed by atoms with Crippen molar-refractivity contribution in [1.82, 2.24) is 5.32 Å². The van der Waals surface area contributed by atoms with Crippen LogP contribution in [0.15, 0.2) is 0 Å². The molecule has 0 aromatic rings. The molecule has 0 saturated heterocycles. The van der Waals surface area contributed by atoms with E-state index in [0.717, 1.165) is 32.4 Å². The van der Waals surface area contributed by atoms with Crippen LogP contribution in [-0.2, 0) is 14.6 Å². The smallest absolute Gasteiger partial charge is 0.150 e. The van der Waals surface area contributed by atoms with E-state index in [-0.39, 0.29) is 11.8 Å². The molecule has 0 aromatic heterocycles. The van der Waals surface area contributed by atoms with Crippen molar-refractivity contribution in [3.05, 3.63) is 0 Å². The Kier molecular flexibility index (Phi) is 10.7. The minimum absolute atomic E-state index is 0.242. The van der Waals surface area contributed by atoms with Gasteiger partial charge < -0.3 is 10.1 Å². The maximum atomic E-state index is 11.4. The van der Waals surface area contributed by atoms with Gasteiger partial charge in [0.2, 0.25) is 0 Å². The van der Waals surface area contributed by atoms with Gasteiger partial charge in [-0.05, 0) is 32.2 Å². The molecule has 1 unspecified atom stereocenters. The monoisotopic (exact) mass is 279 g/mol. The molecule has 0 rings (SSSR count). The lowest BCUT2D eigenvalue weighted by atomic mass is 10.2. The van der Waals surface area contributed by atoms with Crippen LogP contribution in [0.25, 0.3) is 0 Å². The first-order valence-electron chi connectivity index (χ1n) is 7.07. The first kappa shape index (κ1) is 17.9. The maximum absolute atomic E-state index is 11.4. The van der Waals surface area contributed by atoms with Gasteiger partial charge in [-0.25, -0.2) is 8.42 Å². The van der Waals surface area contributed by atoms with Gasteiger partial charge >= 0.3 is 0 Å². The fraction of sp³-hybridized carbons (Fsp3) is 1.00. The van der Waals surface area contributed by atoms with Gasteiger partial charge in [0, 0.05) is 18.4 Å². The second-order valence-electron chi connectivity index (χ2n) is 4.60. The molecule has 0 bridgehead atoms. The average Bonchev–Trinajstić information content (AvgIpc) is 2.35. The van der Waals surface area contributed by atoms with E-state index >= 15 is 0 Å². The highest BCUT2D eigenvalue weighted by Crippen LogP contribution is 2.03. The van der Waals surface area contributed by atoms with Crippen molar-refractivity contribution in [2.45, 2.75) is 52.5 Å². The SMILES string of the molecule is CCCNC(CCCS(=O)(=O)CC)COCCC. The number of nitrogens with one attached hydrogen (secondary N) is 1. The lowest BCUT2D eigenvalue weighted by molar-refractivity contribution is 0.109. The molecule has 0 spiro atoms. The van der Waals surface area contributed by atoms with Gasteiger partial charge in [-0.1, -0.05) is 20.8 Å². The van der Waals surface area contributed by atoms with Gasteiger partial charge in [-0.3, -0.25) is 0 Å². The fourth-order valence-corrected chi connectivity index (χ4v) is 2.55. The number of ether oxygens (including phenoxy) is 1. The van der Waals surface area contributed by atoms with Gasteiger partial charge in [0.05, 0.1) is 12.4 Å². The molecule has 0 amide bonds. The van der Waals surface area contributed by atoms with E-state index in [0.29, 0.717) is 18.8 Å². The predicted octanol–water partition coefficient (Wildman–Crippen LogP) is 2.00. The molecule has 110 valence electrons. The van der Waals surface area contributed by atoms with Gasteiger partial charge in [0.25, 0.3) is 0 Å². The molecule has 0 aromatic carbocycles. The zero-order valence-corrected chi connectivity index (χ0v) is 12.9. The molecule has 0 aliphatic carbocycles. The van der Waals surface area contributed by atoms with Crippen molar-refractivity contribution < 1.29 is 13.2 Å². The molecule has 0 aliphatic heterocycles. The highest BCUT2D eigenvalue weighted by molar-refractivity contribution is 7.91. The van der Waals surface area contributed by atoms with Crippen molar-refractivity contribution >= 4 is 9.84 Å². The van der Waals surface area contributed by atoms with E-state index in [1.807, 2.05) is 0 Å². The number of hydrogen-bond donors (Lipinski definition) is 1. The number of rotatable bonds is 12. The summed E-state index contributed by atoms with van der Waals surface area (Å²) in [5.74, 6) is 0.536. The minimum Gasteiger partial charge on any atom is -0.380 e. The second-order valence-corrected chi connectivity index (χ2v) is 7.08. The zero-order chi connectivity index (χ0) is 13.9. The van der Waals surface area contributed by atoms with Gasteiger partial charge in [-0.15, -0.1) is 0 Å². The summed E-state index contributed by atoms with van der Waals surface area (Å²) in [7, 11) is -2.83. The summed E-state index contributed by atoms with van der Waals surface area (Å²) in [5.41, 5.74) is 0. The predicted molar refractivity (Wildman–Crippen MR) is 76.8 cm³/mol. The van der Waals surface area contributed by atoms with E-state index in [2.05, 4.69) is 19.2 Å². The second kappa shape index (κ2) is 10.8. The van der Waals surface area contributed by atoms with Crippen LogP contribution in [0.3, 0.4) is 0 Å². The summed E-state index contributed by atoms with van der Waals surface area (Å²) in [6, 6.07) is 0.281. The van der Waals surface area contributed by atoms with Gasteiger partial charge in [0.1, 0.15) is 9.84 Å². The van der Waals surface area contributed by atoms with Crippen LogP contribution < -0.4 is 5.32 Å². The Bertz CT molecular complexity index is 278. The van der Waals surface area contributed by atoms with Crippen LogP contribution in [0.4, 0.5) is 0 Å². The van der Waals surface area contributed by atoms with Crippen LogP contribution in [0.1, 0.15) is 46.5 Å². The van der Waals surface area contributed by atoms with Crippen LogP contribution in [0, 0.1) is 0 Å². The first-order valence-corrected chi connectivity index (χ1v) is 8.89. The van der Waals surface area contributed by atoms with Crippen molar-refractivity contribution in [3.8, 4) is 0 Å². The first-order chi connectivity index (χ1) is 8.55. The number of sulfone groups is 1.